The highest BCUT2D eigenvalue weighted by Crippen LogP contribution is 1.93. The van der Waals surface area contributed by atoms with Crippen molar-refractivity contribution < 1.29 is 18.9 Å². The van der Waals surface area contributed by atoms with E-state index < -0.39 is 0 Å². The fraction of sp³-hybridized carbons (Fsp3) is 1.00. The Hall–Kier alpha value is -0.200. The Labute approximate surface area is 117 Å². The van der Waals surface area contributed by atoms with Crippen LogP contribution in [0.5, 0.6) is 0 Å². The van der Waals surface area contributed by atoms with Crippen LogP contribution >= 0.6 is 0 Å². The van der Waals surface area contributed by atoms with Gasteiger partial charge in [0.1, 0.15) is 0 Å². The Kier molecular flexibility index (Phi) is 14.1. The molecule has 5 heteroatoms. The molecule has 0 saturated heterocycles. The van der Waals surface area contributed by atoms with Crippen molar-refractivity contribution in [3.63, 3.8) is 0 Å². The molecule has 0 rings (SSSR count). The summed E-state index contributed by atoms with van der Waals surface area (Å²) in [5, 5.41) is 3.42. The van der Waals surface area contributed by atoms with Gasteiger partial charge in [-0.1, -0.05) is 6.92 Å². The van der Waals surface area contributed by atoms with E-state index in [1.807, 2.05) is 0 Å². The number of hydrogen-bond acceptors (Lipinski definition) is 5. The van der Waals surface area contributed by atoms with E-state index in [0.29, 0.717) is 45.7 Å². The van der Waals surface area contributed by atoms with E-state index in [-0.39, 0.29) is 6.10 Å². The van der Waals surface area contributed by atoms with Crippen molar-refractivity contribution in [2.75, 3.05) is 53.3 Å². The minimum atomic E-state index is 0.218. The summed E-state index contributed by atoms with van der Waals surface area (Å²) in [7, 11) is 1.66. The third-order valence-electron chi connectivity index (χ3n) is 2.80. The average molecular weight is 277 g/mol. The van der Waals surface area contributed by atoms with E-state index in [2.05, 4.69) is 26.1 Å². The Morgan fingerprint density at radius 3 is 2.05 bits per heavy atom. The maximum atomic E-state index is 5.63. The number of nitrogens with one attached hydrogen (secondary N) is 1. The van der Waals surface area contributed by atoms with Crippen molar-refractivity contribution >= 4 is 0 Å². The number of rotatable bonds is 14. The van der Waals surface area contributed by atoms with Crippen molar-refractivity contribution in [1.29, 1.82) is 0 Å². The maximum Gasteiger partial charge on any atom is 0.0704 e. The molecule has 0 saturated carbocycles. The molecule has 0 aliphatic carbocycles. The lowest BCUT2D eigenvalue weighted by molar-refractivity contribution is -0.0120. The van der Waals surface area contributed by atoms with Gasteiger partial charge in [-0.05, 0) is 20.3 Å². The molecule has 0 spiro atoms. The summed E-state index contributed by atoms with van der Waals surface area (Å²) in [5.41, 5.74) is 0. The van der Waals surface area contributed by atoms with Gasteiger partial charge >= 0.3 is 0 Å². The molecule has 0 aromatic rings. The zero-order valence-corrected chi connectivity index (χ0v) is 12.9. The molecule has 5 nitrogen and oxygen atoms in total. The third kappa shape index (κ3) is 14.0. The van der Waals surface area contributed by atoms with Crippen molar-refractivity contribution in [1.82, 2.24) is 5.32 Å². The van der Waals surface area contributed by atoms with Gasteiger partial charge in [0.25, 0.3) is 0 Å². The lowest BCUT2D eigenvalue weighted by atomic mass is 10.2. The van der Waals surface area contributed by atoms with E-state index in [1.165, 1.54) is 0 Å². The summed E-state index contributed by atoms with van der Waals surface area (Å²) in [6.45, 7) is 11.0. The zero-order valence-electron chi connectivity index (χ0n) is 12.9. The molecular weight excluding hydrogens is 246 g/mol. The van der Waals surface area contributed by atoms with Crippen LogP contribution in [0.2, 0.25) is 0 Å². The largest absolute Gasteiger partial charge is 0.382 e. The van der Waals surface area contributed by atoms with Crippen molar-refractivity contribution in [3.8, 4) is 0 Å². The molecule has 0 heterocycles. The highest BCUT2D eigenvalue weighted by atomic mass is 16.6. The quantitative estimate of drug-likeness (QED) is 0.487. The molecule has 0 radical (unpaired) electrons. The lowest BCUT2D eigenvalue weighted by Crippen LogP contribution is -2.33. The zero-order chi connectivity index (χ0) is 14.3. The summed E-state index contributed by atoms with van der Waals surface area (Å²) in [4.78, 5) is 0. The predicted molar refractivity (Wildman–Crippen MR) is 76.7 cm³/mol. The Morgan fingerprint density at radius 1 is 0.895 bits per heavy atom. The Morgan fingerprint density at radius 2 is 1.47 bits per heavy atom. The molecule has 0 aromatic carbocycles. The van der Waals surface area contributed by atoms with Crippen LogP contribution in [0.25, 0.3) is 0 Å². The molecule has 2 unspecified atom stereocenters. The first kappa shape index (κ1) is 18.8. The van der Waals surface area contributed by atoms with Gasteiger partial charge in [-0.3, -0.25) is 0 Å². The van der Waals surface area contributed by atoms with Crippen LogP contribution in [-0.4, -0.2) is 65.4 Å². The first-order chi connectivity index (χ1) is 9.20. The summed E-state index contributed by atoms with van der Waals surface area (Å²) in [6.07, 6.45) is 1.36. The standard InChI is InChI=1S/C14H31NO4/c1-5-13(2)15-12-14(3)19-11-10-18-9-8-17-7-6-16-4/h13-15H,5-12H2,1-4H3. The number of hydrogen-bond donors (Lipinski definition) is 1. The normalized spacial score (nSPS) is 14.5. The van der Waals surface area contributed by atoms with Crippen molar-refractivity contribution in [2.45, 2.75) is 39.3 Å². The highest BCUT2D eigenvalue weighted by molar-refractivity contribution is 4.61. The van der Waals surface area contributed by atoms with E-state index in [0.717, 1.165) is 13.0 Å². The fourth-order valence-corrected chi connectivity index (χ4v) is 1.34. The van der Waals surface area contributed by atoms with E-state index >= 15 is 0 Å². The summed E-state index contributed by atoms with van der Waals surface area (Å²) in [5.74, 6) is 0. The second-order valence-electron chi connectivity index (χ2n) is 4.62. The van der Waals surface area contributed by atoms with Crippen LogP contribution in [0.15, 0.2) is 0 Å². The fourth-order valence-electron chi connectivity index (χ4n) is 1.34. The van der Waals surface area contributed by atoms with Gasteiger partial charge in [-0.15, -0.1) is 0 Å². The summed E-state index contributed by atoms with van der Waals surface area (Å²) < 4.78 is 21.2. The van der Waals surface area contributed by atoms with Gasteiger partial charge in [-0.2, -0.15) is 0 Å². The van der Waals surface area contributed by atoms with Gasteiger partial charge in [0.05, 0.1) is 45.7 Å². The van der Waals surface area contributed by atoms with Crippen LogP contribution in [0.1, 0.15) is 27.2 Å². The van der Waals surface area contributed by atoms with Crippen molar-refractivity contribution in [2.24, 2.45) is 0 Å². The third-order valence-corrected chi connectivity index (χ3v) is 2.80. The van der Waals surface area contributed by atoms with Crippen LogP contribution in [0.3, 0.4) is 0 Å². The number of methoxy groups -OCH3 is 1. The first-order valence-electron chi connectivity index (χ1n) is 7.20. The second kappa shape index (κ2) is 14.2. The molecule has 1 N–H and O–H groups in total. The summed E-state index contributed by atoms with van der Waals surface area (Å²) >= 11 is 0. The lowest BCUT2D eigenvalue weighted by Gasteiger charge is -2.17. The molecule has 0 bridgehead atoms. The Bertz CT molecular complexity index is 181. The second-order valence-corrected chi connectivity index (χ2v) is 4.62. The first-order valence-corrected chi connectivity index (χ1v) is 7.20. The minimum Gasteiger partial charge on any atom is -0.382 e. The van der Waals surface area contributed by atoms with E-state index in [4.69, 9.17) is 18.9 Å². The Balaban J connectivity index is 3.16. The molecule has 0 fully saturated rings. The number of ether oxygens (including phenoxy) is 4. The monoisotopic (exact) mass is 277 g/mol. The van der Waals surface area contributed by atoms with Gasteiger partial charge in [-0.25, -0.2) is 0 Å². The van der Waals surface area contributed by atoms with Crippen LogP contribution < -0.4 is 5.32 Å². The van der Waals surface area contributed by atoms with E-state index in [1.54, 1.807) is 7.11 Å². The molecule has 116 valence electrons. The van der Waals surface area contributed by atoms with Gasteiger partial charge in [0.15, 0.2) is 0 Å². The molecule has 2 atom stereocenters. The maximum absolute atomic E-state index is 5.63. The molecule has 0 aromatic heterocycles. The minimum absolute atomic E-state index is 0.218. The molecule has 19 heavy (non-hydrogen) atoms. The van der Waals surface area contributed by atoms with Crippen molar-refractivity contribution in [3.05, 3.63) is 0 Å². The highest BCUT2D eigenvalue weighted by Gasteiger charge is 2.04. The SMILES string of the molecule is CCC(C)NCC(C)OCCOCCOCCOC. The van der Waals surface area contributed by atoms with Gasteiger partial charge in [0, 0.05) is 19.7 Å². The molecule has 0 aliphatic rings. The predicted octanol–water partition coefficient (Wildman–Crippen LogP) is 1.46. The average Bonchev–Trinajstić information content (AvgIpc) is 2.42. The van der Waals surface area contributed by atoms with Crippen LogP contribution in [-0.2, 0) is 18.9 Å². The summed E-state index contributed by atoms with van der Waals surface area (Å²) in [6, 6.07) is 0.548. The van der Waals surface area contributed by atoms with Crippen LogP contribution in [0, 0.1) is 0 Å². The van der Waals surface area contributed by atoms with E-state index in [9.17, 15) is 0 Å². The van der Waals surface area contributed by atoms with Gasteiger partial charge in [0.2, 0.25) is 0 Å². The van der Waals surface area contributed by atoms with Gasteiger partial charge < -0.3 is 24.3 Å². The van der Waals surface area contributed by atoms with Crippen LogP contribution in [0.4, 0.5) is 0 Å². The topological polar surface area (TPSA) is 49.0 Å². The molecule has 0 amide bonds. The molecule has 0 aliphatic heterocycles. The smallest absolute Gasteiger partial charge is 0.0704 e. The molecular formula is C14H31NO4.